The Balaban J connectivity index is 0.000000202. The Labute approximate surface area is 240 Å². The number of H-pyrrole nitrogens is 1. The normalized spacial score (nSPS) is 12.0. The van der Waals surface area contributed by atoms with Crippen LogP contribution >= 0.6 is 0 Å². The van der Waals surface area contributed by atoms with Crippen LogP contribution < -0.4 is 11.5 Å². The zero-order chi connectivity index (χ0) is 30.2. The highest BCUT2D eigenvalue weighted by Gasteiger charge is 2.30. The minimum absolute atomic E-state index is 0.0255. The summed E-state index contributed by atoms with van der Waals surface area (Å²) < 4.78 is 9.61. The van der Waals surface area contributed by atoms with E-state index in [1.807, 2.05) is 30.3 Å². The second kappa shape index (κ2) is 13.2. The molecule has 0 fully saturated rings. The van der Waals surface area contributed by atoms with Gasteiger partial charge in [0, 0.05) is 28.0 Å². The smallest absolute Gasteiger partial charge is 0.341 e. The van der Waals surface area contributed by atoms with Crippen molar-refractivity contribution in [2.45, 2.75) is 12.6 Å². The Morgan fingerprint density at radius 1 is 1.00 bits per heavy atom. The standard InChI is InChI=1S/C19H14N2O3.C12H14N2O4/c1-24-19(23)14-10-11(6-7-16(14)22)17-18-13(8-9-20-17)12-4-2-3-5-15(12)21-18;13-10(9(6-15)11(14)16)12(17)18-7-8-4-2-1-3-5-8/h2-10,21-22H,1H3;1-6,9-10H,7,13H2,(H2,14,16). The quantitative estimate of drug-likeness (QED) is 0.124. The van der Waals surface area contributed by atoms with Gasteiger partial charge in [-0.1, -0.05) is 48.5 Å². The summed E-state index contributed by atoms with van der Waals surface area (Å²) in [5, 5.41) is 12.1. The lowest BCUT2D eigenvalue weighted by molar-refractivity contribution is -0.150. The van der Waals surface area contributed by atoms with Crippen LogP contribution in [-0.2, 0) is 30.5 Å². The number of ether oxygens (including phenoxy) is 2. The fourth-order valence-electron chi connectivity index (χ4n) is 4.25. The van der Waals surface area contributed by atoms with Gasteiger partial charge in [0.15, 0.2) is 0 Å². The summed E-state index contributed by atoms with van der Waals surface area (Å²) in [5.74, 6) is -3.86. The number of primary amides is 1. The molecule has 1 amide bonds. The third-order valence-electron chi connectivity index (χ3n) is 6.46. The maximum Gasteiger partial charge on any atom is 0.341 e. The highest BCUT2D eigenvalue weighted by Crippen LogP contribution is 2.33. The van der Waals surface area contributed by atoms with Crippen molar-refractivity contribution >= 4 is 45.9 Å². The molecule has 2 atom stereocenters. The van der Waals surface area contributed by atoms with E-state index in [0.29, 0.717) is 5.69 Å². The Bertz CT molecular complexity index is 1750. The number of esters is 2. The van der Waals surface area contributed by atoms with Gasteiger partial charge < -0.3 is 35.8 Å². The lowest BCUT2D eigenvalue weighted by Gasteiger charge is -2.14. The van der Waals surface area contributed by atoms with Crippen LogP contribution in [0.15, 0.2) is 85.1 Å². The van der Waals surface area contributed by atoms with Gasteiger partial charge in [0.05, 0.1) is 18.3 Å². The summed E-state index contributed by atoms with van der Waals surface area (Å²) in [6.45, 7) is 0.0255. The van der Waals surface area contributed by atoms with Gasteiger partial charge in [0.25, 0.3) is 0 Å². The van der Waals surface area contributed by atoms with Crippen molar-refractivity contribution in [3.63, 3.8) is 0 Å². The molecule has 0 bridgehead atoms. The first-order valence-electron chi connectivity index (χ1n) is 12.7. The molecular weight excluding hydrogens is 540 g/mol. The van der Waals surface area contributed by atoms with E-state index in [1.165, 1.54) is 13.2 Å². The van der Waals surface area contributed by atoms with Crippen molar-refractivity contribution in [3.05, 3.63) is 96.2 Å². The molecule has 0 saturated heterocycles. The number of hydrogen-bond acceptors (Lipinski definition) is 9. The van der Waals surface area contributed by atoms with Gasteiger partial charge in [0.1, 0.15) is 36.2 Å². The number of rotatable bonds is 8. The van der Waals surface area contributed by atoms with Crippen LogP contribution in [0.4, 0.5) is 0 Å². The zero-order valence-electron chi connectivity index (χ0n) is 22.5. The molecule has 2 aromatic heterocycles. The number of fused-ring (bicyclic) bond motifs is 3. The SMILES string of the molecule is COC(=O)c1cc(-c2nccc3c2[nH]c2ccccc23)ccc1O.NC(=O)C(C=O)C(N)C(=O)OCc1ccccc1. The van der Waals surface area contributed by atoms with Crippen molar-refractivity contribution in [2.24, 2.45) is 17.4 Å². The number of carbonyl (C=O) groups excluding carboxylic acids is 4. The summed E-state index contributed by atoms with van der Waals surface area (Å²) in [4.78, 5) is 52.6. The van der Waals surface area contributed by atoms with Gasteiger partial charge in [-0.15, -0.1) is 0 Å². The van der Waals surface area contributed by atoms with E-state index in [9.17, 15) is 24.3 Å². The molecule has 0 aliphatic rings. The Kier molecular flexibility index (Phi) is 9.25. The number of phenolic OH excluding ortho intramolecular Hbond substituents is 1. The number of methoxy groups -OCH3 is 1. The molecule has 42 heavy (non-hydrogen) atoms. The number of amides is 1. The number of nitrogens with two attached hydrogens (primary N) is 2. The van der Waals surface area contributed by atoms with E-state index in [1.54, 1.807) is 42.6 Å². The van der Waals surface area contributed by atoms with Gasteiger partial charge in [-0.2, -0.15) is 0 Å². The van der Waals surface area contributed by atoms with Crippen molar-refractivity contribution in [3.8, 4) is 17.0 Å². The number of nitrogens with zero attached hydrogens (tertiary/aromatic N) is 1. The first kappa shape index (κ1) is 29.4. The summed E-state index contributed by atoms with van der Waals surface area (Å²) in [7, 11) is 1.28. The predicted molar refractivity (Wildman–Crippen MR) is 155 cm³/mol. The third kappa shape index (κ3) is 6.43. The number of hydrogen-bond donors (Lipinski definition) is 4. The molecule has 0 aliphatic heterocycles. The number of carbonyl (C=O) groups is 4. The number of aromatic amines is 1. The largest absolute Gasteiger partial charge is 0.507 e. The third-order valence-corrected chi connectivity index (χ3v) is 6.46. The number of nitrogens with one attached hydrogen (secondary N) is 1. The average Bonchev–Trinajstić information content (AvgIpc) is 3.40. The van der Waals surface area contributed by atoms with Gasteiger partial charge in [-0.3, -0.25) is 14.6 Å². The van der Waals surface area contributed by atoms with Crippen LogP contribution in [0.5, 0.6) is 5.75 Å². The van der Waals surface area contributed by atoms with Crippen LogP contribution in [0.1, 0.15) is 15.9 Å². The van der Waals surface area contributed by atoms with Gasteiger partial charge in [0.2, 0.25) is 5.91 Å². The minimum atomic E-state index is -1.37. The van der Waals surface area contributed by atoms with Crippen molar-refractivity contribution in [1.82, 2.24) is 9.97 Å². The van der Waals surface area contributed by atoms with Crippen LogP contribution in [0.2, 0.25) is 0 Å². The molecule has 0 radical (unpaired) electrons. The molecule has 3 aromatic carbocycles. The Hall–Kier alpha value is -5.55. The van der Waals surface area contributed by atoms with E-state index in [2.05, 4.69) is 16.0 Å². The maximum atomic E-state index is 11.8. The lowest BCUT2D eigenvalue weighted by Crippen LogP contribution is -2.46. The first-order valence-corrected chi connectivity index (χ1v) is 12.7. The first-order chi connectivity index (χ1) is 20.2. The Morgan fingerprint density at radius 2 is 1.71 bits per heavy atom. The summed E-state index contributed by atoms with van der Waals surface area (Å²) in [5.41, 5.74) is 14.6. The minimum Gasteiger partial charge on any atom is -0.507 e. The van der Waals surface area contributed by atoms with Crippen LogP contribution in [-0.4, -0.2) is 52.4 Å². The van der Waals surface area contributed by atoms with Crippen LogP contribution in [0.3, 0.4) is 0 Å². The molecule has 5 rings (SSSR count). The number of phenols is 1. The van der Waals surface area contributed by atoms with Gasteiger partial charge >= 0.3 is 11.9 Å². The lowest BCUT2D eigenvalue weighted by atomic mass is 10.0. The van der Waals surface area contributed by atoms with E-state index in [4.69, 9.17) is 20.9 Å². The number of para-hydroxylation sites is 1. The molecule has 6 N–H and O–H groups in total. The van der Waals surface area contributed by atoms with E-state index in [-0.39, 0.29) is 24.2 Å². The van der Waals surface area contributed by atoms with E-state index < -0.39 is 29.8 Å². The number of aldehydes is 1. The highest BCUT2D eigenvalue weighted by molar-refractivity contribution is 6.11. The number of aromatic hydroxyl groups is 1. The van der Waals surface area contributed by atoms with Gasteiger partial charge in [-0.25, -0.2) is 4.79 Å². The van der Waals surface area contributed by atoms with Gasteiger partial charge in [-0.05, 0) is 35.9 Å². The zero-order valence-corrected chi connectivity index (χ0v) is 22.5. The van der Waals surface area contributed by atoms with Crippen molar-refractivity contribution in [1.29, 1.82) is 0 Å². The van der Waals surface area contributed by atoms with E-state index in [0.717, 1.165) is 32.9 Å². The molecule has 0 spiro atoms. The monoisotopic (exact) mass is 568 g/mol. The molecule has 2 heterocycles. The van der Waals surface area contributed by atoms with E-state index >= 15 is 0 Å². The molecule has 2 unspecified atom stereocenters. The Morgan fingerprint density at radius 3 is 2.40 bits per heavy atom. The second-order valence-corrected chi connectivity index (χ2v) is 9.16. The topological polar surface area (TPSA) is 188 Å². The fraction of sp³-hybridized carbons (Fsp3) is 0.129. The number of benzene rings is 3. The summed E-state index contributed by atoms with van der Waals surface area (Å²) >= 11 is 0. The molecule has 11 nitrogen and oxygen atoms in total. The number of pyridine rings is 1. The van der Waals surface area contributed by atoms with Crippen molar-refractivity contribution in [2.75, 3.05) is 7.11 Å². The molecule has 0 saturated carbocycles. The fourth-order valence-corrected chi connectivity index (χ4v) is 4.25. The highest BCUT2D eigenvalue weighted by atomic mass is 16.5. The molecule has 0 aliphatic carbocycles. The molecule has 11 heteroatoms. The summed E-state index contributed by atoms with van der Waals surface area (Å²) in [6, 6.07) is 22.4. The molecule has 5 aromatic rings. The van der Waals surface area contributed by atoms with Crippen molar-refractivity contribution < 1.29 is 33.8 Å². The average molecular weight is 569 g/mol. The summed E-state index contributed by atoms with van der Waals surface area (Å²) in [6.07, 6.45) is 1.99. The second-order valence-electron chi connectivity index (χ2n) is 9.16. The van der Waals surface area contributed by atoms with Crippen LogP contribution in [0, 0.1) is 5.92 Å². The molecular formula is C31H28N4O7. The predicted octanol–water partition coefficient (Wildman–Crippen LogP) is 3.23. The van der Waals surface area contributed by atoms with Crippen LogP contribution in [0.25, 0.3) is 33.1 Å². The molecule has 214 valence electrons. The number of aromatic nitrogens is 2. The maximum absolute atomic E-state index is 11.8.